The van der Waals surface area contributed by atoms with Crippen molar-refractivity contribution in [2.24, 2.45) is 0 Å². The molecule has 2 rings (SSSR count). The number of carbonyl (C=O) groups excluding carboxylic acids is 1. The third-order valence-electron chi connectivity index (χ3n) is 4.17. The number of nitrogens with one attached hydrogen (secondary N) is 1. The number of benzene rings is 2. The van der Waals surface area contributed by atoms with E-state index in [0.717, 1.165) is 33.7 Å². The molecule has 2 aromatic carbocycles. The molecular formula is C20H25NO2. The lowest BCUT2D eigenvalue weighted by Gasteiger charge is -2.19. The molecule has 1 atom stereocenters. The zero-order valence-electron chi connectivity index (χ0n) is 14.8. The molecule has 23 heavy (non-hydrogen) atoms. The van der Waals surface area contributed by atoms with E-state index in [1.165, 1.54) is 5.56 Å². The predicted octanol–water partition coefficient (Wildman–Crippen LogP) is 4.63. The minimum Gasteiger partial charge on any atom is -0.481 e. The van der Waals surface area contributed by atoms with E-state index in [1.54, 1.807) is 6.92 Å². The van der Waals surface area contributed by atoms with Gasteiger partial charge in [0.1, 0.15) is 5.75 Å². The Hall–Kier alpha value is -2.29. The van der Waals surface area contributed by atoms with E-state index in [0.29, 0.717) is 0 Å². The van der Waals surface area contributed by atoms with Gasteiger partial charge in [-0.05, 0) is 75.4 Å². The maximum atomic E-state index is 12.5. The Balaban J connectivity index is 2.15. The van der Waals surface area contributed by atoms with E-state index in [1.807, 2.05) is 52.0 Å². The van der Waals surface area contributed by atoms with Crippen molar-refractivity contribution in [3.63, 3.8) is 0 Å². The maximum Gasteiger partial charge on any atom is 0.265 e. The molecule has 0 fully saturated rings. The van der Waals surface area contributed by atoms with E-state index >= 15 is 0 Å². The molecule has 0 aromatic heterocycles. The fraction of sp³-hybridized carbons (Fsp3) is 0.350. The van der Waals surface area contributed by atoms with Crippen LogP contribution in [-0.2, 0) is 4.79 Å². The number of anilines is 1. The van der Waals surface area contributed by atoms with Crippen LogP contribution in [-0.4, -0.2) is 12.0 Å². The lowest BCUT2D eigenvalue weighted by atomic mass is 10.1. The molecule has 0 saturated heterocycles. The first kappa shape index (κ1) is 17.1. The average Bonchev–Trinajstić information content (AvgIpc) is 2.47. The molecule has 122 valence electrons. The molecule has 1 unspecified atom stereocenters. The van der Waals surface area contributed by atoms with Crippen molar-refractivity contribution in [2.75, 3.05) is 5.32 Å². The lowest BCUT2D eigenvalue weighted by Crippen LogP contribution is -2.31. The van der Waals surface area contributed by atoms with E-state index in [9.17, 15) is 4.79 Å². The van der Waals surface area contributed by atoms with Gasteiger partial charge in [-0.15, -0.1) is 0 Å². The minimum atomic E-state index is -0.561. The smallest absolute Gasteiger partial charge is 0.265 e. The highest BCUT2D eigenvalue weighted by molar-refractivity contribution is 5.95. The number of hydrogen-bond acceptors (Lipinski definition) is 2. The molecule has 0 aliphatic heterocycles. The third kappa shape index (κ3) is 3.92. The summed E-state index contributed by atoms with van der Waals surface area (Å²) in [5.41, 5.74) is 6.33. The maximum absolute atomic E-state index is 12.5. The molecule has 2 aromatic rings. The summed E-state index contributed by atoms with van der Waals surface area (Å²) in [5.74, 6) is 0.632. The normalized spacial score (nSPS) is 11.9. The Morgan fingerprint density at radius 1 is 1.00 bits per heavy atom. The number of para-hydroxylation sites is 1. The van der Waals surface area contributed by atoms with Crippen LogP contribution in [0.3, 0.4) is 0 Å². The molecule has 0 radical (unpaired) electrons. The first-order valence-corrected chi connectivity index (χ1v) is 7.91. The Kier molecular flexibility index (Phi) is 5.09. The Labute approximate surface area is 138 Å². The highest BCUT2D eigenvalue weighted by Crippen LogP contribution is 2.25. The van der Waals surface area contributed by atoms with Gasteiger partial charge in [0, 0.05) is 5.69 Å². The molecule has 0 bridgehead atoms. The number of amides is 1. The Morgan fingerprint density at radius 2 is 1.61 bits per heavy atom. The van der Waals surface area contributed by atoms with Crippen molar-refractivity contribution < 1.29 is 9.53 Å². The summed E-state index contributed by atoms with van der Waals surface area (Å²) in [6.45, 7) is 11.8. The van der Waals surface area contributed by atoms with E-state index in [2.05, 4.69) is 18.3 Å². The van der Waals surface area contributed by atoms with E-state index in [-0.39, 0.29) is 5.91 Å². The molecule has 3 heteroatoms. The highest BCUT2D eigenvalue weighted by atomic mass is 16.5. The molecule has 0 aliphatic rings. The summed E-state index contributed by atoms with van der Waals surface area (Å²) in [6, 6.07) is 10.1. The van der Waals surface area contributed by atoms with Gasteiger partial charge in [-0.1, -0.05) is 24.3 Å². The topological polar surface area (TPSA) is 38.3 Å². The Bertz CT molecular complexity index is 714. The number of carbonyl (C=O) groups is 1. The summed E-state index contributed by atoms with van der Waals surface area (Å²) < 4.78 is 5.91. The molecular weight excluding hydrogens is 286 g/mol. The van der Waals surface area contributed by atoms with Gasteiger partial charge >= 0.3 is 0 Å². The Morgan fingerprint density at radius 3 is 2.22 bits per heavy atom. The second-order valence-electron chi connectivity index (χ2n) is 6.22. The quantitative estimate of drug-likeness (QED) is 0.893. The monoisotopic (exact) mass is 311 g/mol. The van der Waals surface area contributed by atoms with Crippen LogP contribution in [0.15, 0.2) is 30.3 Å². The fourth-order valence-electron chi connectivity index (χ4n) is 2.60. The molecule has 0 aliphatic carbocycles. The van der Waals surface area contributed by atoms with Crippen molar-refractivity contribution in [2.45, 2.75) is 47.6 Å². The van der Waals surface area contributed by atoms with Gasteiger partial charge in [0.05, 0.1) is 0 Å². The highest BCUT2D eigenvalue weighted by Gasteiger charge is 2.18. The largest absolute Gasteiger partial charge is 0.481 e. The van der Waals surface area contributed by atoms with Crippen LogP contribution >= 0.6 is 0 Å². The SMILES string of the molecule is Cc1cc(C)c(C)c(OC(C)C(=O)Nc2c(C)cccc2C)c1. The van der Waals surface area contributed by atoms with Gasteiger partial charge in [-0.2, -0.15) is 0 Å². The van der Waals surface area contributed by atoms with Crippen molar-refractivity contribution in [3.05, 3.63) is 58.1 Å². The number of hydrogen-bond donors (Lipinski definition) is 1. The summed E-state index contributed by atoms with van der Waals surface area (Å²) >= 11 is 0. The van der Waals surface area contributed by atoms with Gasteiger partial charge in [0.2, 0.25) is 0 Å². The molecule has 1 N–H and O–H groups in total. The summed E-state index contributed by atoms with van der Waals surface area (Å²) in [7, 11) is 0. The molecule has 0 saturated carbocycles. The zero-order chi connectivity index (χ0) is 17.1. The predicted molar refractivity (Wildman–Crippen MR) is 95.3 cm³/mol. The van der Waals surface area contributed by atoms with E-state index in [4.69, 9.17) is 4.74 Å². The third-order valence-corrected chi connectivity index (χ3v) is 4.17. The standard InChI is InChI=1S/C20H25NO2/c1-12-10-15(4)16(5)18(11-12)23-17(6)20(22)21-19-13(2)8-7-9-14(19)3/h7-11,17H,1-6H3,(H,21,22). The average molecular weight is 311 g/mol. The fourth-order valence-corrected chi connectivity index (χ4v) is 2.60. The van der Waals surface area contributed by atoms with Crippen LogP contribution in [0.2, 0.25) is 0 Å². The van der Waals surface area contributed by atoms with Crippen LogP contribution in [0.5, 0.6) is 5.75 Å². The van der Waals surface area contributed by atoms with Gasteiger partial charge < -0.3 is 10.1 Å². The van der Waals surface area contributed by atoms with Gasteiger partial charge in [0.25, 0.3) is 5.91 Å². The van der Waals surface area contributed by atoms with Crippen LogP contribution in [0, 0.1) is 34.6 Å². The number of ether oxygens (including phenoxy) is 1. The second kappa shape index (κ2) is 6.86. The lowest BCUT2D eigenvalue weighted by molar-refractivity contribution is -0.122. The van der Waals surface area contributed by atoms with Crippen molar-refractivity contribution in [3.8, 4) is 5.75 Å². The van der Waals surface area contributed by atoms with Crippen molar-refractivity contribution in [1.29, 1.82) is 0 Å². The van der Waals surface area contributed by atoms with Crippen molar-refractivity contribution >= 4 is 11.6 Å². The first-order chi connectivity index (χ1) is 10.8. The van der Waals surface area contributed by atoms with Gasteiger partial charge in [0.15, 0.2) is 6.10 Å². The van der Waals surface area contributed by atoms with Crippen LogP contribution < -0.4 is 10.1 Å². The summed E-state index contributed by atoms with van der Waals surface area (Å²) in [4.78, 5) is 12.5. The van der Waals surface area contributed by atoms with Crippen molar-refractivity contribution in [1.82, 2.24) is 0 Å². The summed E-state index contributed by atoms with van der Waals surface area (Å²) in [6.07, 6.45) is -0.561. The second-order valence-corrected chi connectivity index (χ2v) is 6.22. The zero-order valence-corrected chi connectivity index (χ0v) is 14.8. The minimum absolute atomic E-state index is 0.138. The van der Waals surface area contributed by atoms with E-state index < -0.39 is 6.10 Å². The van der Waals surface area contributed by atoms with Gasteiger partial charge in [-0.3, -0.25) is 4.79 Å². The van der Waals surface area contributed by atoms with Crippen LogP contribution in [0.1, 0.15) is 34.7 Å². The first-order valence-electron chi connectivity index (χ1n) is 7.91. The molecule has 1 amide bonds. The van der Waals surface area contributed by atoms with Crippen LogP contribution in [0.4, 0.5) is 5.69 Å². The summed E-state index contributed by atoms with van der Waals surface area (Å²) in [5, 5.41) is 2.98. The van der Waals surface area contributed by atoms with Gasteiger partial charge in [-0.25, -0.2) is 0 Å². The molecule has 0 heterocycles. The number of rotatable bonds is 4. The molecule has 0 spiro atoms. The van der Waals surface area contributed by atoms with Crippen LogP contribution in [0.25, 0.3) is 0 Å². The number of aryl methyl sites for hydroxylation is 4. The molecule has 3 nitrogen and oxygen atoms in total.